The lowest BCUT2D eigenvalue weighted by Crippen LogP contribution is -2.49. The van der Waals surface area contributed by atoms with Crippen LogP contribution < -0.4 is 19.7 Å². The molecule has 38 heavy (non-hydrogen) atoms. The number of ether oxygens (including phenoxy) is 2. The summed E-state index contributed by atoms with van der Waals surface area (Å²) in [6, 6.07) is 15.0. The van der Waals surface area contributed by atoms with E-state index in [1.165, 1.54) is 0 Å². The normalized spacial score (nSPS) is 13.4. The first-order chi connectivity index (χ1) is 18.4. The average Bonchev–Trinajstić information content (AvgIpc) is 3.34. The minimum absolute atomic E-state index is 0.0657. The molecule has 1 aromatic carbocycles. The third kappa shape index (κ3) is 5.22. The topological polar surface area (TPSA) is 111 Å². The van der Waals surface area contributed by atoms with Crippen molar-refractivity contribution in [3.05, 3.63) is 66.0 Å². The van der Waals surface area contributed by atoms with Gasteiger partial charge in [0.05, 0.1) is 19.9 Å². The number of rotatable bonds is 7. The molecular weight excluding hydrogens is 484 g/mol. The first-order valence-electron chi connectivity index (χ1n) is 12.3. The number of carbonyl (C=O) groups is 1. The number of nitrogens with one attached hydrogen (secondary N) is 1. The molecule has 4 heterocycles. The largest absolute Gasteiger partial charge is 0.497 e. The van der Waals surface area contributed by atoms with Gasteiger partial charge in [0.1, 0.15) is 23.0 Å². The highest BCUT2D eigenvalue weighted by Gasteiger charge is 2.26. The fourth-order valence-corrected chi connectivity index (χ4v) is 4.41. The smallest absolute Gasteiger partial charge is 0.272 e. The van der Waals surface area contributed by atoms with Crippen LogP contribution in [0.1, 0.15) is 16.1 Å². The number of carbonyl (C=O) groups excluding carboxylic acids is 1. The summed E-state index contributed by atoms with van der Waals surface area (Å²) in [5.74, 6) is 3.41. The number of aromatic nitrogens is 5. The molecule has 0 aliphatic carbocycles. The minimum Gasteiger partial charge on any atom is -0.497 e. The van der Waals surface area contributed by atoms with Gasteiger partial charge in [-0.25, -0.2) is 4.98 Å². The summed E-state index contributed by atoms with van der Waals surface area (Å²) in [5, 5.41) is 16.4. The van der Waals surface area contributed by atoms with Crippen LogP contribution in [0.3, 0.4) is 0 Å². The van der Waals surface area contributed by atoms with Crippen molar-refractivity contribution >= 4 is 23.4 Å². The Hall–Kier alpha value is -4.67. The highest BCUT2D eigenvalue weighted by atomic mass is 16.5. The number of aryl methyl sites for hydroxylation is 2. The molecule has 1 aliphatic heterocycles. The lowest BCUT2D eigenvalue weighted by Gasteiger charge is -2.35. The lowest BCUT2D eigenvalue weighted by atomic mass is 10.1. The van der Waals surface area contributed by atoms with Crippen LogP contribution >= 0.6 is 0 Å². The number of nitrogens with zero attached hydrogens (tertiary/aromatic N) is 7. The molecule has 0 atom stereocenters. The number of piperazine rings is 1. The number of anilines is 3. The lowest BCUT2D eigenvalue weighted by molar-refractivity contribution is 0.0735. The van der Waals surface area contributed by atoms with E-state index in [-0.39, 0.29) is 5.91 Å². The van der Waals surface area contributed by atoms with E-state index in [0.29, 0.717) is 54.9 Å². The first-order valence-corrected chi connectivity index (χ1v) is 12.3. The van der Waals surface area contributed by atoms with Crippen LogP contribution in [0.15, 0.2) is 54.7 Å². The summed E-state index contributed by atoms with van der Waals surface area (Å²) in [5.41, 5.74) is 3.04. The first kappa shape index (κ1) is 25.0. The molecule has 1 saturated heterocycles. The van der Waals surface area contributed by atoms with Gasteiger partial charge in [0.2, 0.25) is 0 Å². The van der Waals surface area contributed by atoms with Crippen LogP contribution in [-0.2, 0) is 7.05 Å². The standard InChI is InChI=1S/C27H30N8O3/c1-18-9-10-28-25(15-18)29-24-7-8-26(31-30-24)34-11-13-35(14-12-34)27(36)22-17-21(32-33(22)2)20-16-19(37-3)5-6-23(20)38-4/h5-10,15-17H,11-14H2,1-4H3,(H,28,29,30). The van der Waals surface area contributed by atoms with Gasteiger partial charge in [-0.2, -0.15) is 5.10 Å². The maximum atomic E-state index is 13.4. The number of amides is 1. The van der Waals surface area contributed by atoms with Crippen LogP contribution in [0.2, 0.25) is 0 Å². The summed E-state index contributed by atoms with van der Waals surface area (Å²) < 4.78 is 12.5. The van der Waals surface area contributed by atoms with Crippen molar-refractivity contribution in [2.45, 2.75) is 6.92 Å². The average molecular weight is 515 g/mol. The van der Waals surface area contributed by atoms with E-state index in [0.717, 1.165) is 22.8 Å². The Balaban J connectivity index is 1.23. The Morgan fingerprint density at radius 3 is 2.42 bits per heavy atom. The predicted octanol–water partition coefficient (Wildman–Crippen LogP) is 3.30. The summed E-state index contributed by atoms with van der Waals surface area (Å²) in [7, 11) is 4.99. The quantitative estimate of drug-likeness (QED) is 0.397. The molecule has 196 valence electrons. The van der Waals surface area contributed by atoms with Gasteiger partial charge < -0.3 is 24.6 Å². The van der Waals surface area contributed by atoms with E-state index >= 15 is 0 Å². The zero-order valence-corrected chi connectivity index (χ0v) is 21.9. The van der Waals surface area contributed by atoms with Crippen molar-refractivity contribution in [2.24, 2.45) is 7.05 Å². The van der Waals surface area contributed by atoms with Crippen molar-refractivity contribution in [1.29, 1.82) is 0 Å². The van der Waals surface area contributed by atoms with Crippen molar-refractivity contribution < 1.29 is 14.3 Å². The Morgan fingerprint density at radius 2 is 1.74 bits per heavy atom. The zero-order chi connectivity index (χ0) is 26.6. The molecule has 0 saturated carbocycles. The van der Waals surface area contributed by atoms with Crippen molar-refractivity contribution in [1.82, 2.24) is 29.9 Å². The third-order valence-corrected chi connectivity index (χ3v) is 6.49. The summed E-state index contributed by atoms with van der Waals surface area (Å²) in [6.07, 6.45) is 1.75. The number of hydrogen-bond acceptors (Lipinski definition) is 9. The molecule has 11 heteroatoms. The zero-order valence-electron chi connectivity index (χ0n) is 21.9. The highest BCUT2D eigenvalue weighted by molar-refractivity contribution is 5.94. The van der Waals surface area contributed by atoms with Gasteiger partial charge >= 0.3 is 0 Å². The molecule has 0 unspecified atom stereocenters. The molecular formula is C27H30N8O3. The second-order valence-corrected chi connectivity index (χ2v) is 9.00. The van der Waals surface area contributed by atoms with Crippen LogP contribution in [0.4, 0.5) is 17.5 Å². The maximum Gasteiger partial charge on any atom is 0.272 e. The molecule has 0 spiro atoms. The van der Waals surface area contributed by atoms with Gasteiger partial charge in [0, 0.05) is 45.0 Å². The number of pyridine rings is 1. The van der Waals surface area contributed by atoms with E-state index in [9.17, 15) is 4.79 Å². The van der Waals surface area contributed by atoms with Crippen molar-refractivity contribution in [3.8, 4) is 22.8 Å². The minimum atomic E-state index is -0.0657. The predicted molar refractivity (Wildman–Crippen MR) is 144 cm³/mol. The van der Waals surface area contributed by atoms with E-state index in [4.69, 9.17) is 9.47 Å². The molecule has 4 aromatic rings. The summed E-state index contributed by atoms with van der Waals surface area (Å²) >= 11 is 0. The fourth-order valence-electron chi connectivity index (χ4n) is 4.41. The molecule has 11 nitrogen and oxygen atoms in total. The molecule has 3 aromatic heterocycles. The van der Waals surface area contributed by atoms with Gasteiger partial charge in [0.15, 0.2) is 11.6 Å². The number of methoxy groups -OCH3 is 2. The van der Waals surface area contributed by atoms with Gasteiger partial charge in [0.25, 0.3) is 5.91 Å². The number of benzene rings is 1. The van der Waals surface area contributed by atoms with Gasteiger partial charge in [-0.15, -0.1) is 10.2 Å². The molecule has 0 bridgehead atoms. The van der Waals surface area contributed by atoms with E-state index < -0.39 is 0 Å². The summed E-state index contributed by atoms with van der Waals surface area (Å²) in [4.78, 5) is 21.6. The number of hydrogen-bond donors (Lipinski definition) is 1. The molecule has 5 rings (SSSR count). The molecule has 1 N–H and O–H groups in total. The van der Waals surface area contributed by atoms with Crippen LogP contribution in [0, 0.1) is 6.92 Å². The van der Waals surface area contributed by atoms with Crippen LogP contribution in [0.5, 0.6) is 11.5 Å². The fraction of sp³-hybridized carbons (Fsp3) is 0.296. The maximum absolute atomic E-state index is 13.4. The monoisotopic (exact) mass is 514 g/mol. The second kappa shape index (κ2) is 10.8. The Morgan fingerprint density at radius 1 is 0.921 bits per heavy atom. The van der Waals surface area contributed by atoms with E-state index in [1.807, 2.05) is 54.3 Å². The molecule has 1 amide bonds. The Bertz CT molecular complexity index is 1430. The molecule has 1 fully saturated rings. The third-order valence-electron chi connectivity index (χ3n) is 6.49. The molecule has 1 aliphatic rings. The SMILES string of the molecule is COc1ccc(OC)c(-c2cc(C(=O)N3CCN(c4ccc(Nc5cc(C)ccn5)nn4)CC3)n(C)n2)c1. The van der Waals surface area contributed by atoms with Crippen molar-refractivity contribution in [2.75, 3.05) is 50.6 Å². The second-order valence-electron chi connectivity index (χ2n) is 9.00. The van der Waals surface area contributed by atoms with Gasteiger partial charge in [-0.1, -0.05) is 0 Å². The van der Waals surface area contributed by atoms with Crippen LogP contribution in [-0.4, -0.2) is 76.2 Å². The van der Waals surface area contributed by atoms with Crippen molar-refractivity contribution in [3.63, 3.8) is 0 Å². The molecule has 0 radical (unpaired) electrons. The van der Waals surface area contributed by atoms with E-state index in [1.54, 1.807) is 38.2 Å². The van der Waals surface area contributed by atoms with E-state index in [2.05, 4.69) is 30.5 Å². The van der Waals surface area contributed by atoms with Crippen LogP contribution in [0.25, 0.3) is 11.3 Å². The Kier molecular flexibility index (Phi) is 7.07. The Labute approximate surface area is 221 Å². The summed E-state index contributed by atoms with van der Waals surface area (Å²) in [6.45, 7) is 4.45. The highest BCUT2D eigenvalue weighted by Crippen LogP contribution is 2.33. The van der Waals surface area contributed by atoms with Gasteiger partial charge in [-0.05, 0) is 61.0 Å². The van der Waals surface area contributed by atoms with Gasteiger partial charge in [-0.3, -0.25) is 9.48 Å².